The molecule has 0 saturated heterocycles. The Kier molecular flexibility index (Phi) is 4.40. The van der Waals surface area contributed by atoms with E-state index in [1.165, 1.54) is 0 Å². The lowest BCUT2D eigenvalue weighted by Gasteiger charge is -2.10. The number of nitrogens with one attached hydrogen (secondary N) is 1. The van der Waals surface area contributed by atoms with E-state index in [-0.39, 0.29) is 0 Å². The van der Waals surface area contributed by atoms with E-state index in [9.17, 15) is 0 Å². The first kappa shape index (κ1) is 13.1. The smallest absolute Gasteiger partial charge is 0.0991 e. The van der Waals surface area contributed by atoms with Crippen LogP contribution in [0.1, 0.15) is 11.1 Å². The standard InChI is InChI=1S/C14H10Br2N2/c15-12-5-2-6-13(16)14(12)18-9-11-4-1-3-10(7-11)8-17/h1-7,18H,9H2. The van der Waals surface area contributed by atoms with Gasteiger partial charge in [0.1, 0.15) is 0 Å². The molecule has 18 heavy (non-hydrogen) atoms. The van der Waals surface area contributed by atoms with Crippen molar-refractivity contribution in [2.45, 2.75) is 6.54 Å². The molecule has 0 atom stereocenters. The van der Waals surface area contributed by atoms with E-state index in [4.69, 9.17) is 5.26 Å². The van der Waals surface area contributed by atoms with Crippen LogP contribution in [-0.2, 0) is 6.54 Å². The summed E-state index contributed by atoms with van der Waals surface area (Å²) in [6.45, 7) is 0.677. The van der Waals surface area contributed by atoms with Crippen LogP contribution in [0.25, 0.3) is 0 Å². The fraction of sp³-hybridized carbons (Fsp3) is 0.0714. The van der Waals surface area contributed by atoms with Gasteiger partial charge in [-0.25, -0.2) is 0 Å². The summed E-state index contributed by atoms with van der Waals surface area (Å²) in [5.41, 5.74) is 2.78. The van der Waals surface area contributed by atoms with E-state index < -0.39 is 0 Å². The van der Waals surface area contributed by atoms with Crippen LogP contribution in [0.15, 0.2) is 51.4 Å². The molecule has 2 aromatic rings. The third kappa shape index (κ3) is 3.12. The molecule has 0 radical (unpaired) electrons. The summed E-state index contributed by atoms with van der Waals surface area (Å²) in [5.74, 6) is 0. The molecule has 0 aliphatic carbocycles. The molecule has 0 saturated carbocycles. The van der Waals surface area contributed by atoms with Crippen molar-refractivity contribution in [3.05, 3.63) is 62.5 Å². The van der Waals surface area contributed by atoms with E-state index in [0.29, 0.717) is 12.1 Å². The molecule has 0 aliphatic heterocycles. The number of hydrogen-bond acceptors (Lipinski definition) is 2. The molecule has 0 aliphatic rings. The number of hydrogen-bond donors (Lipinski definition) is 1. The molecular formula is C14H10Br2N2. The van der Waals surface area contributed by atoms with E-state index >= 15 is 0 Å². The highest BCUT2D eigenvalue weighted by Gasteiger charge is 2.04. The molecule has 2 aromatic carbocycles. The molecule has 90 valence electrons. The zero-order chi connectivity index (χ0) is 13.0. The summed E-state index contributed by atoms with van der Waals surface area (Å²) in [7, 11) is 0. The highest BCUT2D eigenvalue weighted by atomic mass is 79.9. The molecule has 0 unspecified atom stereocenters. The van der Waals surface area contributed by atoms with Gasteiger partial charge in [-0.05, 0) is 61.7 Å². The predicted molar refractivity (Wildman–Crippen MR) is 80.3 cm³/mol. The maximum absolute atomic E-state index is 8.85. The highest BCUT2D eigenvalue weighted by molar-refractivity contribution is 9.11. The first-order valence-electron chi connectivity index (χ1n) is 5.37. The van der Waals surface area contributed by atoms with Crippen LogP contribution in [-0.4, -0.2) is 0 Å². The second-order valence-corrected chi connectivity index (χ2v) is 5.47. The molecule has 0 aromatic heterocycles. The third-order valence-corrected chi connectivity index (χ3v) is 3.81. The summed E-state index contributed by atoms with van der Waals surface area (Å²) >= 11 is 7.01. The monoisotopic (exact) mass is 364 g/mol. The van der Waals surface area contributed by atoms with Crippen LogP contribution in [0.2, 0.25) is 0 Å². The minimum absolute atomic E-state index is 0.677. The lowest BCUT2D eigenvalue weighted by atomic mass is 10.1. The van der Waals surface area contributed by atoms with E-state index in [2.05, 4.69) is 43.2 Å². The molecule has 0 spiro atoms. The van der Waals surface area contributed by atoms with E-state index in [1.54, 1.807) is 6.07 Å². The minimum atomic E-state index is 0.677. The molecule has 0 bridgehead atoms. The van der Waals surface area contributed by atoms with Gasteiger partial charge in [-0.15, -0.1) is 0 Å². The van der Waals surface area contributed by atoms with Crippen molar-refractivity contribution in [3.63, 3.8) is 0 Å². The van der Waals surface area contributed by atoms with Gasteiger partial charge in [-0.2, -0.15) is 5.26 Å². The summed E-state index contributed by atoms with van der Waals surface area (Å²) < 4.78 is 2.02. The number of benzene rings is 2. The van der Waals surface area contributed by atoms with Gasteiger partial charge in [0.05, 0.1) is 17.3 Å². The number of halogens is 2. The van der Waals surface area contributed by atoms with Crippen LogP contribution in [0.4, 0.5) is 5.69 Å². The Labute approximate surface area is 123 Å². The Balaban J connectivity index is 2.14. The summed E-state index contributed by atoms with van der Waals surface area (Å²) in [6, 6.07) is 15.7. The van der Waals surface area contributed by atoms with Crippen molar-refractivity contribution in [1.29, 1.82) is 5.26 Å². The molecular weight excluding hydrogens is 356 g/mol. The van der Waals surface area contributed by atoms with E-state index in [0.717, 1.165) is 20.2 Å². The van der Waals surface area contributed by atoms with Crippen molar-refractivity contribution in [2.24, 2.45) is 0 Å². The molecule has 4 heteroatoms. The van der Waals surface area contributed by atoms with Gasteiger partial charge in [0.15, 0.2) is 0 Å². The molecule has 0 amide bonds. The summed E-state index contributed by atoms with van der Waals surface area (Å²) in [6.07, 6.45) is 0. The Morgan fingerprint density at radius 1 is 1.06 bits per heavy atom. The molecule has 2 nitrogen and oxygen atoms in total. The van der Waals surface area contributed by atoms with Gasteiger partial charge in [-0.3, -0.25) is 0 Å². The Morgan fingerprint density at radius 3 is 2.39 bits per heavy atom. The third-order valence-electron chi connectivity index (χ3n) is 2.49. The molecule has 0 heterocycles. The Morgan fingerprint density at radius 2 is 1.72 bits per heavy atom. The van der Waals surface area contributed by atoms with Crippen LogP contribution < -0.4 is 5.32 Å². The zero-order valence-electron chi connectivity index (χ0n) is 9.45. The van der Waals surface area contributed by atoms with Gasteiger partial charge in [-0.1, -0.05) is 18.2 Å². The van der Waals surface area contributed by atoms with Gasteiger partial charge >= 0.3 is 0 Å². The van der Waals surface area contributed by atoms with Gasteiger partial charge in [0.2, 0.25) is 0 Å². The van der Waals surface area contributed by atoms with Gasteiger partial charge in [0.25, 0.3) is 0 Å². The SMILES string of the molecule is N#Cc1cccc(CNc2c(Br)cccc2Br)c1. The second-order valence-electron chi connectivity index (χ2n) is 3.76. The average Bonchev–Trinajstić information content (AvgIpc) is 2.38. The second kappa shape index (κ2) is 6.03. The number of anilines is 1. The number of nitriles is 1. The van der Waals surface area contributed by atoms with Crippen LogP contribution in [0.3, 0.4) is 0 Å². The lowest BCUT2D eigenvalue weighted by molar-refractivity contribution is 1.14. The summed E-state index contributed by atoms with van der Waals surface area (Å²) in [4.78, 5) is 0. The Hall–Kier alpha value is -1.31. The minimum Gasteiger partial charge on any atom is -0.379 e. The Bertz CT molecular complexity index is 583. The largest absolute Gasteiger partial charge is 0.379 e. The average molecular weight is 366 g/mol. The van der Waals surface area contributed by atoms with Crippen molar-refractivity contribution in [2.75, 3.05) is 5.32 Å². The van der Waals surface area contributed by atoms with Crippen LogP contribution in [0, 0.1) is 11.3 Å². The zero-order valence-corrected chi connectivity index (χ0v) is 12.6. The number of rotatable bonds is 3. The molecule has 2 rings (SSSR count). The lowest BCUT2D eigenvalue weighted by Crippen LogP contribution is -2.01. The predicted octanol–water partition coefficient (Wildman–Crippen LogP) is 4.70. The van der Waals surface area contributed by atoms with Gasteiger partial charge in [0, 0.05) is 15.5 Å². The van der Waals surface area contributed by atoms with Crippen molar-refractivity contribution in [1.82, 2.24) is 0 Å². The maximum Gasteiger partial charge on any atom is 0.0991 e. The maximum atomic E-state index is 8.85. The normalized spacial score (nSPS) is 9.83. The first-order valence-corrected chi connectivity index (χ1v) is 6.96. The van der Waals surface area contributed by atoms with Crippen LogP contribution in [0.5, 0.6) is 0 Å². The fourth-order valence-electron chi connectivity index (χ4n) is 1.61. The highest BCUT2D eigenvalue weighted by Crippen LogP contribution is 2.30. The van der Waals surface area contributed by atoms with Crippen molar-refractivity contribution < 1.29 is 0 Å². The van der Waals surface area contributed by atoms with Crippen molar-refractivity contribution >= 4 is 37.5 Å². The van der Waals surface area contributed by atoms with E-state index in [1.807, 2.05) is 36.4 Å². The number of nitrogens with zero attached hydrogens (tertiary/aromatic N) is 1. The topological polar surface area (TPSA) is 35.8 Å². The first-order chi connectivity index (χ1) is 8.70. The molecule has 1 N–H and O–H groups in total. The van der Waals surface area contributed by atoms with Crippen LogP contribution >= 0.6 is 31.9 Å². The quantitative estimate of drug-likeness (QED) is 0.855. The van der Waals surface area contributed by atoms with Gasteiger partial charge < -0.3 is 5.32 Å². The summed E-state index contributed by atoms with van der Waals surface area (Å²) in [5, 5.41) is 12.2. The van der Waals surface area contributed by atoms with Crippen molar-refractivity contribution in [3.8, 4) is 6.07 Å². The fourth-order valence-corrected chi connectivity index (χ4v) is 2.89. The number of para-hydroxylation sites is 1. The molecule has 0 fully saturated rings.